The monoisotopic (exact) mass is 376 g/mol. The normalized spacial score (nSPS) is 23.0. The number of alkyl halides is 3. The van der Waals surface area contributed by atoms with E-state index in [1.165, 1.54) is 0 Å². The zero-order valence-corrected chi connectivity index (χ0v) is 13.5. The summed E-state index contributed by atoms with van der Waals surface area (Å²) in [6.45, 7) is 0.129. The Morgan fingerprint density at radius 1 is 1.50 bits per heavy atom. The summed E-state index contributed by atoms with van der Waals surface area (Å²) >= 11 is 0. The van der Waals surface area contributed by atoms with Crippen molar-refractivity contribution in [2.45, 2.75) is 38.0 Å². The van der Waals surface area contributed by atoms with Crippen LogP contribution in [0, 0.1) is 12.3 Å². The first kappa shape index (κ1) is 19.9. The van der Waals surface area contributed by atoms with E-state index in [1.54, 1.807) is 0 Å². The molecule has 0 unspecified atom stereocenters. The lowest BCUT2D eigenvalue weighted by molar-refractivity contribution is -0.139. The van der Waals surface area contributed by atoms with Crippen LogP contribution in [0.3, 0.4) is 0 Å². The molecule has 0 amide bonds. The highest BCUT2D eigenvalue weighted by Crippen LogP contribution is 2.31. The van der Waals surface area contributed by atoms with E-state index in [4.69, 9.17) is 15.9 Å². The Balaban J connectivity index is 2.55. The van der Waals surface area contributed by atoms with E-state index >= 15 is 0 Å². The molecule has 2 rings (SSSR count). The SMILES string of the molecule is C#CCO[C@H]1C[C@H](n2cc(C(F)(F)F)c(=O)n(C(C)=O)c2=O)O[C@@H]1CO. The molecule has 0 aromatic carbocycles. The van der Waals surface area contributed by atoms with E-state index in [0.29, 0.717) is 10.8 Å². The smallest absolute Gasteiger partial charge is 0.394 e. The molecule has 142 valence electrons. The number of ether oxygens (including phenoxy) is 2. The highest BCUT2D eigenvalue weighted by Gasteiger charge is 2.41. The van der Waals surface area contributed by atoms with Crippen LogP contribution in [0.25, 0.3) is 0 Å². The minimum atomic E-state index is -5.09. The Kier molecular flexibility index (Phi) is 5.70. The van der Waals surface area contributed by atoms with Gasteiger partial charge in [0.1, 0.15) is 24.5 Å². The van der Waals surface area contributed by atoms with Crippen LogP contribution in [0.15, 0.2) is 15.8 Å². The minimum Gasteiger partial charge on any atom is -0.394 e. The number of hydrogen-bond acceptors (Lipinski definition) is 6. The Bertz CT molecular complexity index is 851. The van der Waals surface area contributed by atoms with Crippen LogP contribution < -0.4 is 11.2 Å². The summed E-state index contributed by atoms with van der Waals surface area (Å²) in [4.78, 5) is 35.7. The van der Waals surface area contributed by atoms with Crippen molar-refractivity contribution in [2.24, 2.45) is 0 Å². The molecular weight excluding hydrogens is 361 g/mol. The minimum absolute atomic E-state index is 0.111. The Morgan fingerprint density at radius 2 is 2.15 bits per heavy atom. The predicted molar refractivity (Wildman–Crippen MR) is 80.5 cm³/mol. The summed E-state index contributed by atoms with van der Waals surface area (Å²) in [5, 5.41) is 9.31. The van der Waals surface area contributed by atoms with Crippen molar-refractivity contribution in [2.75, 3.05) is 13.2 Å². The second-order valence-electron chi connectivity index (χ2n) is 5.49. The van der Waals surface area contributed by atoms with E-state index in [1.807, 2.05) is 0 Å². The van der Waals surface area contributed by atoms with E-state index in [9.17, 15) is 32.7 Å². The lowest BCUT2D eigenvalue weighted by atomic mass is 10.2. The van der Waals surface area contributed by atoms with Crippen molar-refractivity contribution in [1.82, 2.24) is 9.13 Å². The first-order valence-corrected chi connectivity index (χ1v) is 7.39. The number of aliphatic hydroxyl groups is 1. The van der Waals surface area contributed by atoms with Crippen LogP contribution >= 0.6 is 0 Å². The van der Waals surface area contributed by atoms with Gasteiger partial charge in [0.25, 0.3) is 5.56 Å². The molecule has 8 nitrogen and oxygen atoms in total. The first-order valence-electron chi connectivity index (χ1n) is 7.39. The summed E-state index contributed by atoms with van der Waals surface area (Å²) in [5.74, 6) is 1.03. The van der Waals surface area contributed by atoms with Gasteiger partial charge in [0.2, 0.25) is 5.91 Å². The third-order valence-corrected chi connectivity index (χ3v) is 3.79. The number of halogens is 3. The maximum absolute atomic E-state index is 13.1. The van der Waals surface area contributed by atoms with Crippen LogP contribution in [0.2, 0.25) is 0 Å². The molecule has 26 heavy (non-hydrogen) atoms. The maximum atomic E-state index is 13.1. The average Bonchev–Trinajstić information content (AvgIpc) is 2.94. The van der Waals surface area contributed by atoms with Gasteiger partial charge in [-0.2, -0.15) is 17.7 Å². The molecule has 1 N–H and O–H groups in total. The highest BCUT2D eigenvalue weighted by atomic mass is 19.4. The fraction of sp³-hybridized carbons (Fsp3) is 0.533. The Hall–Kier alpha value is -2.42. The summed E-state index contributed by atoms with van der Waals surface area (Å²) < 4.78 is 50.3. The number of aromatic nitrogens is 2. The topological polar surface area (TPSA) is 99.8 Å². The zero-order chi connectivity index (χ0) is 19.6. The summed E-state index contributed by atoms with van der Waals surface area (Å²) in [7, 11) is 0. The number of aliphatic hydroxyl groups excluding tert-OH is 1. The second kappa shape index (κ2) is 7.45. The summed E-state index contributed by atoms with van der Waals surface area (Å²) in [6, 6.07) is 0. The third-order valence-electron chi connectivity index (χ3n) is 3.79. The van der Waals surface area contributed by atoms with Crippen molar-refractivity contribution < 1.29 is 32.5 Å². The molecule has 1 aromatic heterocycles. The molecule has 1 saturated heterocycles. The van der Waals surface area contributed by atoms with Crippen LogP contribution in [0.4, 0.5) is 13.2 Å². The van der Waals surface area contributed by atoms with E-state index in [-0.39, 0.29) is 17.6 Å². The Morgan fingerprint density at radius 3 is 2.65 bits per heavy atom. The van der Waals surface area contributed by atoms with Crippen LogP contribution in [0.5, 0.6) is 0 Å². The molecule has 1 aliphatic heterocycles. The quantitative estimate of drug-likeness (QED) is 0.742. The van der Waals surface area contributed by atoms with Crippen molar-refractivity contribution in [1.29, 1.82) is 0 Å². The van der Waals surface area contributed by atoms with Gasteiger partial charge in [-0.1, -0.05) is 5.92 Å². The molecule has 1 aromatic rings. The van der Waals surface area contributed by atoms with E-state index in [0.717, 1.165) is 6.92 Å². The van der Waals surface area contributed by atoms with Gasteiger partial charge in [-0.15, -0.1) is 6.42 Å². The fourth-order valence-electron chi connectivity index (χ4n) is 2.62. The number of terminal acetylenes is 1. The van der Waals surface area contributed by atoms with E-state index in [2.05, 4.69) is 5.92 Å². The van der Waals surface area contributed by atoms with Gasteiger partial charge in [-0.3, -0.25) is 14.2 Å². The van der Waals surface area contributed by atoms with Crippen molar-refractivity contribution in [3.63, 3.8) is 0 Å². The molecule has 1 fully saturated rings. The van der Waals surface area contributed by atoms with Gasteiger partial charge in [0, 0.05) is 19.5 Å². The molecule has 3 atom stereocenters. The summed E-state index contributed by atoms with van der Waals surface area (Å²) in [5.41, 5.74) is -4.73. The largest absolute Gasteiger partial charge is 0.423 e. The van der Waals surface area contributed by atoms with Gasteiger partial charge in [0.15, 0.2) is 0 Å². The van der Waals surface area contributed by atoms with Gasteiger partial charge in [0.05, 0.1) is 12.7 Å². The standard InChI is InChI=1S/C15H15F3N2O6/c1-3-4-25-10-5-12(26-11(10)7-21)19-6-9(15(16,17)18)13(23)20(8(2)22)14(19)24/h1,6,10-12,21H,4-5,7H2,2H3/t10-,11+,12+/m0/s1. The van der Waals surface area contributed by atoms with Crippen LogP contribution in [0.1, 0.15) is 29.9 Å². The zero-order valence-electron chi connectivity index (χ0n) is 13.5. The van der Waals surface area contributed by atoms with Crippen LogP contribution in [-0.4, -0.2) is 45.6 Å². The number of nitrogens with zero attached hydrogens (tertiary/aromatic N) is 2. The number of rotatable bonds is 4. The maximum Gasteiger partial charge on any atom is 0.423 e. The molecule has 2 heterocycles. The average molecular weight is 376 g/mol. The van der Waals surface area contributed by atoms with Gasteiger partial charge < -0.3 is 14.6 Å². The second-order valence-corrected chi connectivity index (χ2v) is 5.49. The molecule has 11 heteroatoms. The first-order chi connectivity index (χ1) is 12.1. The third kappa shape index (κ3) is 3.72. The van der Waals surface area contributed by atoms with Gasteiger partial charge in [-0.05, 0) is 0 Å². The van der Waals surface area contributed by atoms with Gasteiger partial charge in [-0.25, -0.2) is 4.79 Å². The highest BCUT2D eigenvalue weighted by molar-refractivity contribution is 5.75. The molecule has 0 spiro atoms. The number of carbonyl (C=O) groups excluding carboxylic acids is 1. The molecule has 0 radical (unpaired) electrons. The molecule has 1 aliphatic rings. The Labute approximate surface area is 144 Å². The molecule has 0 aliphatic carbocycles. The number of hydrogen-bond donors (Lipinski definition) is 1. The van der Waals surface area contributed by atoms with Gasteiger partial charge >= 0.3 is 11.9 Å². The molecule has 0 saturated carbocycles. The number of carbonyl (C=O) groups is 1. The van der Waals surface area contributed by atoms with E-state index < -0.39 is 53.9 Å². The lowest BCUT2D eigenvalue weighted by Crippen LogP contribution is -2.46. The molecule has 0 bridgehead atoms. The van der Waals surface area contributed by atoms with Crippen LogP contribution in [-0.2, 0) is 15.7 Å². The predicted octanol–water partition coefficient (Wildman–Crippen LogP) is -0.0129. The van der Waals surface area contributed by atoms with Crippen molar-refractivity contribution in [3.05, 3.63) is 32.6 Å². The fourth-order valence-corrected chi connectivity index (χ4v) is 2.62. The lowest BCUT2D eigenvalue weighted by Gasteiger charge is -2.18. The summed E-state index contributed by atoms with van der Waals surface area (Å²) in [6.07, 6.45) is -2.83. The van der Waals surface area contributed by atoms with Crippen molar-refractivity contribution >= 4 is 5.91 Å². The molecular formula is C15H15F3N2O6. The van der Waals surface area contributed by atoms with Crippen molar-refractivity contribution in [3.8, 4) is 12.3 Å².